The lowest BCUT2D eigenvalue weighted by Crippen LogP contribution is -2.28. The monoisotopic (exact) mass is 522 g/mol. The Morgan fingerprint density at radius 3 is 2.44 bits per heavy atom. The molecule has 0 radical (unpaired) electrons. The first-order chi connectivity index (χ1) is 19.0. The molecule has 2 aromatic carbocycles. The number of ether oxygens (including phenoxy) is 1. The smallest absolute Gasteiger partial charge is 0.297 e. The third-order valence-corrected chi connectivity index (χ3v) is 6.36. The Morgan fingerprint density at radius 2 is 1.77 bits per heavy atom. The Labute approximate surface area is 225 Å². The maximum Gasteiger partial charge on any atom is 0.297 e. The molecule has 5 rings (SSSR count). The largest absolute Gasteiger partial charge is 0.528 e. The molecule has 5 aromatic rings. The van der Waals surface area contributed by atoms with Gasteiger partial charge in [0.25, 0.3) is 5.56 Å². The summed E-state index contributed by atoms with van der Waals surface area (Å²) in [5.41, 5.74) is 4.80. The average molecular weight is 523 g/mol. The van der Waals surface area contributed by atoms with E-state index in [1.165, 1.54) is 0 Å². The average Bonchev–Trinajstić information content (AvgIpc) is 3.38. The van der Waals surface area contributed by atoms with Crippen LogP contribution in [0.15, 0.2) is 76.2 Å². The van der Waals surface area contributed by atoms with Crippen molar-refractivity contribution in [3.8, 4) is 40.2 Å². The van der Waals surface area contributed by atoms with Crippen molar-refractivity contribution in [1.29, 1.82) is 0 Å². The van der Waals surface area contributed by atoms with Crippen molar-refractivity contribution in [1.82, 2.24) is 24.7 Å². The highest BCUT2D eigenvalue weighted by molar-refractivity contribution is 5.80. The number of benzene rings is 2. The standard InChI is InChI=1S/C30H29N5O4/c1-4-8-25-32-24(5-2)27(38-26-17-19(3)15-16-31-26)29(36)35(25)18-20-11-13-21(14-12-20)22-9-6-7-10-23(22)28-33-30(37)39-34-28/h6-7,9-17H,4-5,8,18H2,1-3H3,(H,33,34,37)/p-1. The Morgan fingerprint density at radius 1 is 1.00 bits per heavy atom. The van der Waals surface area contributed by atoms with E-state index in [9.17, 15) is 9.90 Å². The van der Waals surface area contributed by atoms with Crippen LogP contribution in [0.2, 0.25) is 0 Å². The summed E-state index contributed by atoms with van der Waals surface area (Å²) in [6.45, 7) is 6.31. The van der Waals surface area contributed by atoms with Gasteiger partial charge in [-0.1, -0.05) is 62.4 Å². The number of rotatable bonds is 9. The lowest BCUT2D eigenvalue weighted by molar-refractivity contribution is -0.303. The second-order valence-electron chi connectivity index (χ2n) is 9.20. The summed E-state index contributed by atoms with van der Waals surface area (Å²) >= 11 is 0. The van der Waals surface area contributed by atoms with Crippen molar-refractivity contribution in [2.24, 2.45) is 0 Å². The molecule has 9 heteroatoms. The number of hydrogen-bond acceptors (Lipinski definition) is 8. The Bertz CT molecular complexity index is 1660. The molecule has 0 aliphatic rings. The first-order valence-corrected chi connectivity index (χ1v) is 12.9. The summed E-state index contributed by atoms with van der Waals surface area (Å²) in [5, 5.41) is 15.2. The lowest BCUT2D eigenvalue weighted by Gasteiger charge is -2.17. The van der Waals surface area contributed by atoms with E-state index < -0.39 is 6.08 Å². The predicted molar refractivity (Wildman–Crippen MR) is 145 cm³/mol. The lowest BCUT2D eigenvalue weighted by atomic mass is 9.98. The van der Waals surface area contributed by atoms with Gasteiger partial charge >= 0.3 is 0 Å². The van der Waals surface area contributed by atoms with Gasteiger partial charge in [0.15, 0.2) is 11.9 Å². The van der Waals surface area contributed by atoms with E-state index in [1.54, 1.807) is 16.8 Å². The second kappa shape index (κ2) is 11.3. The van der Waals surface area contributed by atoms with Crippen LogP contribution < -0.4 is 15.4 Å². The molecule has 0 saturated carbocycles. The molecule has 0 N–H and O–H groups in total. The fourth-order valence-corrected chi connectivity index (χ4v) is 4.44. The molecule has 0 fully saturated rings. The van der Waals surface area contributed by atoms with E-state index in [-0.39, 0.29) is 17.1 Å². The first-order valence-electron chi connectivity index (χ1n) is 12.9. The number of hydrogen-bond donors (Lipinski definition) is 0. The fourth-order valence-electron chi connectivity index (χ4n) is 4.44. The van der Waals surface area contributed by atoms with E-state index in [0.717, 1.165) is 34.5 Å². The van der Waals surface area contributed by atoms with E-state index in [1.807, 2.05) is 68.4 Å². The molecule has 0 spiro atoms. The van der Waals surface area contributed by atoms with E-state index in [2.05, 4.69) is 26.6 Å². The SMILES string of the molecule is CCCc1nc(CC)c(Oc2cc(C)ccn2)c(=O)n1Cc1ccc(-c2ccccc2-c2noc([O-])n2)cc1. The van der Waals surface area contributed by atoms with Gasteiger partial charge < -0.3 is 14.4 Å². The van der Waals surface area contributed by atoms with Gasteiger partial charge in [-0.05, 0) is 48.1 Å². The van der Waals surface area contributed by atoms with E-state index in [4.69, 9.17) is 9.72 Å². The molecule has 0 aliphatic heterocycles. The van der Waals surface area contributed by atoms with Gasteiger partial charge in [0.2, 0.25) is 11.6 Å². The van der Waals surface area contributed by atoms with E-state index >= 15 is 0 Å². The normalized spacial score (nSPS) is 11.1. The molecule has 0 saturated heterocycles. The third kappa shape index (κ3) is 5.57. The molecule has 3 aromatic heterocycles. The van der Waals surface area contributed by atoms with Gasteiger partial charge in [0, 0.05) is 24.2 Å². The van der Waals surface area contributed by atoms with Crippen LogP contribution in [0.1, 0.15) is 42.9 Å². The second-order valence-corrected chi connectivity index (χ2v) is 9.20. The van der Waals surface area contributed by atoms with Gasteiger partial charge in [0.1, 0.15) is 5.82 Å². The van der Waals surface area contributed by atoms with Gasteiger partial charge in [-0.2, -0.15) is 5.16 Å². The number of aryl methyl sites for hydroxylation is 3. The van der Waals surface area contributed by atoms with Crippen LogP contribution in [-0.4, -0.2) is 24.7 Å². The molecular weight excluding hydrogens is 494 g/mol. The van der Waals surface area contributed by atoms with Crippen LogP contribution in [0, 0.1) is 6.92 Å². The third-order valence-electron chi connectivity index (χ3n) is 6.36. The fraction of sp³-hybridized carbons (Fsp3) is 0.233. The maximum absolute atomic E-state index is 13.8. The zero-order valence-electron chi connectivity index (χ0n) is 22.0. The van der Waals surface area contributed by atoms with Crippen LogP contribution in [0.4, 0.5) is 0 Å². The van der Waals surface area contributed by atoms with Gasteiger partial charge in [-0.25, -0.2) is 15.0 Å². The highest BCUT2D eigenvalue weighted by Crippen LogP contribution is 2.31. The first kappa shape index (κ1) is 25.8. The Balaban J connectivity index is 1.49. The van der Waals surface area contributed by atoms with Crippen LogP contribution in [0.5, 0.6) is 17.7 Å². The quantitative estimate of drug-likeness (QED) is 0.263. The minimum Gasteiger partial charge on any atom is -0.528 e. The van der Waals surface area contributed by atoms with Crippen molar-refractivity contribution in [2.75, 3.05) is 0 Å². The summed E-state index contributed by atoms with van der Waals surface area (Å²) in [6, 6.07) is 19.1. The molecule has 0 bridgehead atoms. The Kier molecular flexibility index (Phi) is 7.49. The molecule has 198 valence electrons. The topological polar surface area (TPSA) is 119 Å². The van der Waals surface area contributed by atoms with E-state index in [0.29, 0.717) is 36.5 Å². The van der Waals surface area contributed by atoms with Crippen molar-refractivity contribution < 1.29 is 14.4 Å². The van der Waals surface area contributed by atoms with Crippen LogP contribution in [0.3, 0.4) is 0 Å². The summed E-state index contributed by atoms with van der Waals surface area (Å²) in [4.78, 5) is 26.7. The van der Waals surface area contributed by atoms with Crippen LogP contribution in [-0.2, 0) is 19.4 Å². The minimum atomic E-state index is -0.729. The highest BCUT2D eigenvalue weighted by Gasteiger charge is 2.19. The number of pyridine rings is 1. The number of aromatic nitrogens is 5. The number of nitrogens with zero attached hydrogens (tertiary/aromatic N) is 5. The van der Waals surface area contributed by atoms with Crippen molar-refractivity contribution >= 4 is 0 Å². The molecule has 0 aliphatic carbocycles. The van der Waals surface area contributed by atoms with Crippen LogP contribution in [0.25, 0.3) is 22.5 Å². The van der Waals surface area contributed by atoms with Gasteiger partial charge in [0.05, 0.1) is 12.2 Å². The zero-order valence-corrected chi connectivity index (χ0v) is 22.0. The van der Waals surface area contributed by atoms with Gasteiger partial charge in [-0.15, -0.1) is 0 Å². The van der Waals surface area contributed by atoms with Crippen molar-refractivity contribution in [3.63, 3.8) is 0 Å². The predicted octanol–water partition coefficient (Wildman–Crippen LogP) is 5.09. The molecule has 3 heterocycles. The summed E-state index contributed by atoms with van der Waals surface area (Å²) < 4.78 is 12.3. The maximum atomic E-state index is 13.8. The minimum absolute atomic E-state index is 0.207. The van der Waals surface area contributed by atoms with Crippen LogP contribution >= 0.6 is 0 Å². The summed E-state index contributed by atoms with van der Waals surface area (Å²) in [5.74, 6) is 1.54. The van der Waals surface area contributed by atoms with Crippen molar-refractivity contribution in [2.45, 2.75) is 46.6 Å². The molecule has 9 nitrogen and oxygen atoms in total. The Hall–Kier alpha value is -4.79. The zero-order chi connectivity index (χ0) is 27.4. The molecule has 0 amide bonds. The molecule has 0 atom stereocenters. The molecule has 0 unspecified atom stereocenters. The van der Waals surface area contributed by atoms with Gasteiger partial charge in [-0.3, -0.25) is 9.36 Å². The molecular formula is C30H28N5O4-. The summed E-state index contributed by atoms with van der Waals surface area (Å²) in [7, 11) is 0. The highest BCUT2D eigenvalue weighted by atomic mass is 16.6. The molecule has 39 heavy (non-hydrogen) atoms. The summed E-state index contributed by atoms with van der Waals surface area (Å²) in [6.07, 6.45) is 3.02. The van der Waals surface area contributed by atoms with Crippen molar-refractivity contribution in [3.05, 3.63) is 99.9 Å².